The number of hydrogen-bond acceptors (Lipinski definition) is 4. The molecule has 16 heavy (non-hydrogen) atoms. The third-order valence-corrected chi connectivity index (χ3v) is 2.70. The molecule has 0 radical (unpaired) electrons. The molecule has 0 saturated heterocycles. The topological polar surface area (TPSA) is 33.7 Å². The van der Waals surface area contributed by atoms with Gasteiger partial charge in [-0.3, -0.25) is 4.90 Å². The van der Waals surface area contributed by atoms with Crippen LogP contribution in [-0.2, 0) is 6.54 Å². The van der Waals surface area contributed by atoms with E-state index in [-0.39, 0.29) is 0 Å². The summed E-state index contributed by atoms with van der Waals surface area (Å²) in [6, 6.07) is 4.12. The molecule has 0 atom stereocenters. The second-order valence-corrected chi connectivity index (χ2v) is 4.16. The molecule has 0 unspecified atom stereocenters. The van der Waals surface area contributed by atoms with Crippen molar-refractivity contribution in [2.75, 3.05) is 27.6 Å². The van der Waals surface area contributed by atoms with Crippen molar-refractivity contribution in [2.45, 2.75) is 13.5 Å². The van der Waals surface area contributed by atoms with Gasteiger partial charge in [0.1, 0.15) is 0 Å². The molecular weight excluding hydrogens is 204 g/mol. The van der Waals surface area contributed by atoms with Crippen molar-refractivity contribution in [3.05, 3.63) is 23.3 Å². The van der Waals surface area contributed by atoms with Gasteiger partial charge in [-0.15, -0.1) is 0 Å². The lowest BCUT2D eigenvalue weighted by atomic mass is 10.1. The van der Waals surface area contributed by atoms with E-state index in [9.17, 15) is 0 Å². The Morgan fingerprint density at radius 1 is 1.31 bits per heavy atom. The highest BCUT2D eigenvalue weighted by atomic mass is 16.7. The monoisotopic (exact) mass is 222 g/mol. The Hall–Kier alpha value is -1.26. The van der Waals surface area contributed by atoms with E-state index in [4.69, 9.17) is 9.47 Å². The van der Waals surface area contributed by atoms with E-state index < -0.39 is 0 Å². The van der Waals surface area contributed by atoms with Crippen LogP contribution in [0.5, 0.6) is 11.5 Å². The predicted molar refractivity (Wildman–Crippen MR) is 62.7 cm³/mol. The Morgan fingerprint density at radius 3 is 2.69 bits per heavy atom. The van der Waals surface area contributed by atoms with Crippen molar-refractivity contribution < 1.29 is 9.47 Å². The standard InChI is InChI=1S/C12H18N2O2/c1-9-4-11-12(16-8-15-11)5-10(9)6-14(3)7-13-2/h4-5,13H,6-8H2,1-3H3. The van der Waals surface area contributed by atoms with Crippen molar-refractivity contribution in [3.63, 3.8) is 0 Å². The Bertz CT molecular complexity index is 380. The molecule has 0 bridgehead atoms. The first kappa shape index (κ1) is 11.2. The Balaban J connectivity index is 2.15. The second kappa shape index (κ2) is 4.72. The number of nitrogens with zero attached hydrogens (tertiary/aromatic N) is 1. The first-order valence-electron chi connectivity index (χ1n) is 5.43. The number of aryl methyl sites for hydroxylation is 1. The summed E-state index contributed by atoms with van der Waals surface area (Å²) in [6.07, 6.45) is 0. The van der Waals surface area contributed by atoms with Gasteiger partial charge in [-0.25, -0.2) is 0 Å². The SMILES string of the molecule is CNCN(C)Cc1cc2c(cc1C)OCO2. The van der Waals surface area contributed by atoms with Gasteiger partial charge in [-0.1, -0.05) is 0 Å². The van der Waals surface area contributed by atoms with E-state index in [1.807, 2.05) is 13.1 Å². The smallest absolute Gasteiger partial charge is 0.231 e. The van der Waals surface area contributed by atoms with E-state index in [0.717, 1.165) is 24.7 Å². The fraction of sp³-hybridized carbons (Fsp3) is 0.500. The fourth-order valence-corrected chi connectivity index (χ4v) is 1.87. The van der Waals surface area contributed by atoms with E-state index in [0.29, 0.717) is 6.79 Å². The second-order valence-electron chi connectivity index (χ2n) is 4.16. The fourth-order valence-electron chi connectivity index (χ4n) is 1.87. The lowest BCUT2D eigenvalue weighted by Gasteiger charge is -2.17. The number of fused-ring (bicyclic) bond motifs is 1. The largest absolute Gasteiger partial charge is 0.454 e. The average Bonchev–Trinajstić information content (AvgIpc) is 2.65. The minimum absolute atomic E-state index is 0.338. The van der Waals surface area contributed by atoms with Gasteiger partial charge in [0.2, 0.25) is 6.79 Å². The van der Waals surface area contributed by atoms with Gasteiger partial charge in [0, 0.05) is 13.2 Å². The molecule has 4 heteroatoms. The molecule has 1 aliphatic heterocycles. The summed E-state index contributed by atoms with van der Waals surface area (Å²) in [6.45, 7) is 4.21. The minimum Gasteiger partial charge on any atom is -0.454 e. The van der Waals surface area contributed by atoms with Gasteiger partial charge < -0.3 is 14.8 Å². The summed E-state index contributed by atoms with van der Waals surface area (Å²) in [7, 11) is 4.03. The quantitative estimate of drug-likeness (QED) is 0.779. The van der Waals surface area contributed by atoms with Crippen LogP contribution in [0.2, 0.25) is 0 Å². The van der Waals surface area contributed by atoms with Gasteiger partial charge in [0.05, 0.1) is 0 Å². The maximum Gasteiger partial charge on any atom is 0.231 e. The van der Waals surface area contributed by atoms with Crippen LogP contribution in [0.15, 0.2) is 12.1 Å². The number of benzene rings is 1. The number of rotatable bonds is 4. The van der Waals surface area contributed by atoms with E-state index in [1.165, 1.54) is 11.1 Å². The maximum atomic E-state index is 5.38. The lowest BCUT2D eigenvalue weighted by Crippen LogP contribution is -2.28. The summed E-state index contributed by atoms with van der Waals surface area (Å²) >= 11 is 0. The zero-order chi connectivity index (χ0) is 11.5. The van der Waals surface area contributed by atoms with Gasteiger partial charge in [-0.05, 0) is 44.3 Å². The molecule has 0 spiro atoms. The molecule has 0 saturated carbocycles. The Labute approximate surface area is 96.2 Å². The Morgan fingerprint density at radius 2 is 2.00 bits per heavy atom. The molecule has 0 aromatic heterocycles. The first-order valence-corrected chi connectivity index (χ1v) is 5.43. The van der Waals surface area contributed by atoms with E-state index >= 15 is 0 Å². The molecule has 88 valence electrons. The predicted octanol–water partition coefficient (Wildman–Crippen LogP) is 1.33. The third kappa shape index (κ3) is 2.28. The van der Waals surface area contributed by atoms with Crippen molar-refractivity contribution in [2.24, 2.45) is 0 Å². The average molecular weight is 222 g/mol. The lowest BCUT2D eigenvalue weighted by molar-refractivity contribution is 0.174. The highest BCUT2D eigenvalue weighted by Crippen LogP contribution is 2.34. The third-order valence-electron chi connectivity index (χ3n) is 2.70. The highest BCUT2D eigenvalue weighted by molar-refractivity contribution is 5.48. The molecule has 1 aromatic carbocycles. The highest BCUT2D eigenvalue weighted by Gasteiger charge is 2.15. The number of hydrogen-bond donors (Lipinski definition) is 1. The molecule has 1 aromatic rings. The molecule has 1 N–H and O–H groups in total. The number of nitrogens with one attached hydrogen (secondary N) is 1. The Kier molecular flexibility index (Phi) is 3.31. The molecule has 0 aliphatic carbocycles. The summed E-state index contributed by atoms with van der Waals surface area (Å²) in [5.41, 5.74) is 2.52. The van der Waals surface area contributed by atoms with Crippen LogP contribution in [0, 0.1) is 6.92 Å². The molecule has 4 nitrogen and oxygen atoms in total. The van der Waals surface area contributed by atoms with Crippen molar-refractivity contribution in [1.82, 2.24) is 10.2 Å². The first-order chi connectivity index (χ1) is 7.70. The van der Waals surface area contributed by atoms with Gasteiger partial charge in [0.15, 0.2) is 11.5 Å². The molecule has 0 amide bonds. The maximum absolute atomic E-state index is 5.38. The van der Waals surface area contributed by atoms with Crippen molar-refractivity contribution >= 4 is 0 Å². The normalized spacial score (nSPS) is 13.5. The van der Waals surface area contributed by atoms with Gasteiger partial charge in [0.25, 0.3) is 0 Å². The van der Waals surface area contributed by atoms with E-state index in [1.54, 1.807) is 0 Å². The van der Waals surface area contributed by atoms with Crippen LogP contribution in [0.25, 0.3) is 0 Å². The van der Waals surface area contributed by atoms with Crippen molar-refractivity contribution in [3.8, 4) is 11.5 Å². The van der Waals surface area contributed by atoms with Crippen LogP contribution >= 0.6 is 0 Å². The van der Waals surface area contributed by atoms with Crippen LogP contribution in [0.1, 0.15) is 11.1 Å². The zero-order valence-corrected chi connectivity index (χ0v) is 10.0. The summed E-state index contributed by atoms with van der Waals surface area (Å²) < 4.78 is 10.7. The zero-order valence-electron chi connectivity index (χ0n) is 10.0. The summed E-state index contributed by atoms with van der Waals surface area (Å²) in [4.78, 5) is 2.21. The van der Waals surface area contributed by atoms with Crippen LogP contribution in [0.4, 0.5) is 0 Å². The number of ether oxygens (including phenoxy) is 2. The van der Waals surface area contributed by atoms with Gasteiger partial charge in [-0.2, -0.15) is 0 Å². The molecule has 1 aliphatic rings. The molecular formula is C12H18N2O2. The van der Waals surface area contributed by atoms with E-state index in [2.05, 4.69) is 30.3 Å². The molecule has 0 fully saturated rings. The minimum atomic E-state index is 0.338. The van der Waals surface area contributed by atoms with Crippen LogP contribution < -0.4 is 14.8 Å². The summed E-state index contributed by atoms with van der Waals surface area (Å²) in [5, 5.41) is 3.13. The van der Waals surface area contributed by atoms with Crippen molar-refractivity contribution in [1.29, 1.82) is 0 Å². The van der Waals surface area contributed by atoms with Crippen LogP contribution in [0.3, 0.4) is 0 Å². The molecule has 1 heterocycles. The van der Waals surface area contributed by atoms with Gasteiger partial charge >= 0.3 is 0 Å². The van der Waals surface area contributed by atoms with Crippen LogP contribution in [-0.4, -0.2) is 32.5 Å². The molecule has 2 rings (SSSR count). The summed E-state index contributed by atoms with van der Waals surface area (Å²) in [5.74, 6) is 1.72.